The van der Waals surface area contributed by atoms with Gasteiger partial charge in [-0.05, 0) is 6.42 Å². The lowest BCUT2D eigenvalue weighted by Gasteiger charge is -2.38. The first-order valence-corrected chi connectivity index (χ1v) is 4.03. The fourth-order valence-corrected chi connectivity index (χ4v) is 1.30. The second kappa shape index (κ2) is 3.68. The Bertz CT molecular complexity index is 150. The highest BCUT2D eigenvalue weighted by Gasteiger charge is 2.40. The zero-order valence-corrected chi connectivity index (χ0v) is 6.92. The van der Waals surface area contributed by atoms with Crippen LogP contribution in [0.25, 0.3) is 0 Å². The first-order valence-electron chi connectivity index (χ1n) is 4.03. The molecule has 0 bridgehead atoms. The summed E-state index contributed by atoms with van der Waals surface area (Å²) in [7, 11) is 0. The first kappa shape index (κ1) is 9.88. The first-order chi connectivity index (χ1) is 5.57. The number of aliphatic hydroxyl groups excluding tert-OH is 3. The highest BCUT2D eigenvalue weighted by Crippen LogP contribution is 2.20. The van der Waals surface area contributed by atoms with E-state index in [2.05, 4.69) is 0 Å². The Hall–Kier alpha value is -0.200. The molecule has 0 aromatic carbocycles. The molecule has 5 atom stereocenters. The van der Waals surface area contributed by atoms with Crippen molar-refractivity contribution in [2.75, 3.05) is 0 Å². The van der Waals surface area contributed by atoms with Crippen molar-refractivity contribution in [3.05, 3.63) is 0 Å². The number of aliphatic hydroxyl groups is 3. The Morgan fingerprint density at radius 3 is 2.33 bits per heavy atom. The van der Waals surface area contributed by atoms with Crippen LogP contribution in [0.15, 0.2) is 0 Å². The smallest absolute Gasteiger partial charge is 0.172 e. The average molecular weight is 177 g/mol. The van der Waals surface area contributed by atoms with Gasteiger partial charge in [-0.1, -0.05) is 6.92 Å². The number of rotatable bonds is 1. The van der Waals surface area contributed by atoms with Crippen molar-refractivity contribution >= 4 is 0 Å². The lowest BCUT2D eigenvalue weighted by Crippen LogP contribution is -2.60. The van der Waals surface area contributed by atoms with E-state index in [1.165, 1.54) is 0 Å². The van der Waals surface area contributed by atoms with Gasteiger partial charge in [0.2, 0.25) is 0 Å². The molecule has 1 unspecified atom stereocenters. The van der Waals surface area contributed by atoms with Crippen LogP contribution >= 0.6 is 0 Å². The van der Waals surface area contributed by atoms with Crippen LogP contribution in [-0.4, -0.2) is 46.0 Å². The fraction of sp³-hybridized carbons (Fsp3) is 1.00. The SMILES string of the molecule is CC[C@H]1OC(O)[C@@H](N)[C@@H](O)[C@@H]1O. The predicted molar refractivity (Wildman–Crippen MR) is 41.2 cm³/mol. The lowest BCUT2D eigenvalue weighted by atomic mass is 9.96. The van der Waals surface area contributed by atoms with E-state index >= 15 is 0 Å². The van der Waals surface area contributed by atoms with E-state index in [0.717, 1.165) is 0 Å². The van der Waals surface area contributed by atoms with Crippen LogP contribution < -0.4 is 5.73 Å². The summed E-state index contributed by atoms with van der Waals surface area (Å²) in [5.41, 5.74) is 5.34. The summed E-state index contributed by atoms with van der Waals surface area (Å²) in [4.78, 5) is 0. The van der Waals surface area contributed by atoms with E-state index in [1.807, 2.05) is 0 Å². The summed E-state index contributed by atoms with van der Waals surface area (Å²) in [6.45, 7) is 1.80. The third-order valence-electron chi connectivity index (χ3n) is 2.17. The summed E-state index contributed by atoms with van der Waals surface area (Å²) >= 11 is 0. The zero-order valence-electron chi connectivity index (χ0n) is 6.92. The van der Waals surface area contributed by atoms with Gasteiger partial charge in [-0.3, -0.25) is 0 Å². The summed E-state index contributed by atoms with van der Waals surface area (Å²) in [5, 5.41) is 27.8. The number of hydrogen-bond donors (Lipinski definition) is 4. The molecule has 5 N–H and O–H groups in total. The average Bonchev–Trinajstić information content (AvgIpc) is 2.08. The molecular weight excluding hydrogens is 162 g/mol. The van der Waals surface area contributed by atoms with E-state index < -0.39 is 30.6 Å². The molecular formula is C7H15NO4. The molecule has 0 aliphatic carbocycles. The molecule has 0 spiro atoms. The Labute approximate surface area is 70.8 Å². The molecule has 1 heterocycles. The maximum absolute atomic E-state index is 9.36. The van der Waals surface area contributed by atoms with Gasteiger partial charge >= 0.3 is 0 Å². The Balaban J connectivity index is 2.63. The molecule has 72 valence electrons. The molecule has 1 rings (SSSR count). The molecule has 0 saturated carbocycles. The van der Waals surface area contributed by atoms with E-state index in [0.29, 0.717) is 6.42 Å². The van der Waals surface area contributed by atoms with Crippen molar-refractivity contribution in [1.82, 2.24) is 0 Å². The van der Waals surface area contributed by atoms with Gasteiger partial charge in [-0.25, -0.2) is 0 Å². The summed E-state index contributed by atoms with van der Waals surface area (Å²) < 4.78 is 4.95. The molecule has 0 amide bonds. The second-order valence-corrected chi connectivity index (χ2v) is 3.03. The quantitative estimate of drug-likeness (QED) is 0.377. The molecule has 1 saturated heterocycles. The minimum Gasteiger partial charge on any atom is -0.388 e. The number of nitrogens with two attached hydrogens (primary N) is 1. The van der Waals surface area contributed by atoms with Crippen LogP contribution in [0.2, 0.25) is 0 Å². The normalized spacial score (nSPS) is 49.2. The maximum Gasteiger partial charge on any atom is 0.172 e. The molecule has 5 nitrogen and oxygen atoms in total. The van der Waals surface area contributed by atoms with Crippen LogP contribution in [-0.2, 0) is 4.74 Å². The predicted octanol–water partition coefficient (Wildman–Crippen LogP) is -1.84. The van der Waals surface area contributed by atoms with Crippen LogP contribution in [0.4, 0.5) is 0 Å². The minimum atomic E-state index is -1.19. The van der Waals surface area contributed by atoms with Crippen molar-refractivity contribution in [2.45, 2.75) is 44.0 Å². The largest absolute Gasteiger partial charge is 0.388 e. The zero-order chi connectivity index (χ0) is 9.30. The Kier molecular flexibility index (Phi) is 3.03. The highest BCUT2D eigenvalue weighted by atomic mass is 16.6. The van der Waals surface area contributed by atoms with E-state index in [4.69, 9.17) is 15.6 Å². The molecule has 0 aromatic heterocycles. The Morgan fingerprint density at radius 1 is 1.25 bits per heavy atom. The minimum absolute atomic E-state index is 0.530. The van der Waals surface area contributed by atoms with Gasteiger partial charge in [0.1, 0.15) is 12.2 Å². The summed E-state index contributed by atoms with van der Waals surface area (Å²) in [6, 6.07) is -0.928. The van der Waals surface area contributed by atoms with Crippen molar-refractivity contribution < 1.29 is 20.1 Å². The molecule has 0 aromatic rings. The fourth-order valence-electron chi connectivity index (χ4n) is 1.30. The monoisotopic (exact) mass is 177 g/mol. The number of ether oxygens (including phenoxy) is 1. The van der Waals surface area contributed by atoms with Crippen LogP contribution in [0, 0.1) is 0 Å². The van der Waals surface area contributed by atoms with Crippen molar-refractivity contribution in [1.29, 1.82) is 0 Å². The topological polar surface area (TPSA) is 95.9 Å². The lowest BCUT2D eigenvalue weighted by molar-refractivity contribution is -0.242. The van der Waals surface area contributed by atoms with Gasteiger partial charge in [-0.15, -0.1) is 0 Å². The van der Waals surface area contributed by atoms with Gasteiger partial charge < -0.3 is 25.8 Å². The molecule has 1 aliphatic heterocycles. The van der Waals surface area contributed by atoms with Gasteiger partial charge in [0.15, 0.2) is 6.29 Å². The summed E-state index contributed by atoms with van der Waals surface area (Å²) in [6.07, 6.45) is -3.31. The molecule has 1 fully saturated rings. The standard InChI is InChI=1S/C7H15NO4/c1-2-3-5(9)6(10)4(8)7(11)12-3/h3-7,9-11H,2,8H2,1H3/t3-,4+,5-,6-,7?/m1/s1. The van der Waals surface area contributed by atoms with Gasteiger partial charge in [0.25, 0.3) is 0 Å². The molecule has 5 heteroatoms. The van der Waals surface area contributed by atoms with Gasteiger partial charge in [0.05, 0.1) is 12.1 Å². The van der Waals surface area contributed by atoms with E-state index in [9.17, 15) is 10.2 Å². The van der Waals surface area contributed by atoms with Gasteiger partial charge in [0, 0.05) is 0 Å². The van der Waals surface area contributed by atoms with Crippen LogP contribution in [0.3, 0.4) is 0 Å². The van der Waals surface area contributed by atoms with Crippen LogP contribution in [0.5, 0.6) is 0 Å². The maximum atomic E-state index is 9.36. The molecule has 0 radical (unpaired) electrons. The van der Waals surface area contributed by atoms with E-state index in [-0.39, 0.29) is 0 Å². The number of hydrogen-bond acceptors (Lipinski definition) is 5. The van der Waals surface area contributed by atoms with E-state index in [1.54, 1.807) is 6.92 Å². The van der Waals surface area contributed by atoms with Crippen LogP contribution in [0.1, 0.15) is 13.3 Å². The van der Waals surface area contributed by atoms with Crippen molar-refractivity contribution in [2.24, 2.45) is 5.73 Å². The second-order valence-electron chi connectivity index (χ2n) is 3.03. The molecule has 12 heavy (non-hydrogen) atoms. The third kappa shape index (κ3) is 1.60. The van der Waals surface area contributed by atoms with Crippen molar-refractivity contribution in [3.63, 3.8) is 0 Å². The Morgan fingerprint density at radius 2 is 1.83 bits per heavy atom. The molecule has 1 aliphatic rings. The highest BCUT2D eigenvalue weighted by molar-refractivity contribution is 4.90. The van der Waals surface area contributed by atoms with Gasteiger partial charge in [-0.2, -0.15) is 0 Å². The summed E-state index contributed by atoms with van der Waals surface area (Å²) in [5.74, 6) is 0. The van der Waals surface area contributed by atoms with Crippen molar-refractivity contribution in [3.8, 4) is 0 Å². The third-order valence-corrected chi connectivity index (χ3v) is 2.17.